The van der Waals surface area contributed by atoms with E-state index in [1.54, 1.807) is 13.2 Å². The third kappa shape index (κ3) is 2.34. The zero-order chi connectivity index (χ0) is 9.84. The van der Waals surface area contributed by atoms with Crippen LogP contribution in [0.5, 0.6) is 5.75 Å². The number of hydrogen-bond donors (Lipinski definition) is 0. The Bertz CT molecular complexity index is 293. The molecule has 0 aliphatic rings. The lowest BCUT2D eigenvalue weighted by Crippen LogP contribution is -2.14. The van der Waals surface area contributed by atoms with Gasteiger partial charge < -0.3 is 9.64 Å². The van der Waals surface area contributed by atoms with Gasteiger partial charge >= 0.3 is 0 Å². The van der Waals surface area contributed by atoms with Crippen LogP contribution in [0.1, 0.15) is 0 Å². The van der Waals surface area contributed by atoms with Gasteiger partial charge in [0.25, 0.3) is 0 Å². The molecule has 0 unspecified atom stereocenters. The van der Waals surface area contributed by atoms with Crippen LogP contribution < -0.4 is 9.64 Å². The van der Waals surface area contributed by atoms with E-state index >= 15 is 0 Å². The van der Waals surface area contributed by atoms with Crippen molar-refractivity contribution in [3.05, 3.63) is 24.0 Å². The molecular weight excluding hydrogens is 237 g/mol. The lowest BCUT2D eigenvalue weighted by atomic mass is 10.2. The smallest absolute Gasteiger partial charge is 0.142 e. The summed E-state index contributed by atoms with van der Waals surface area (Å²) >= 11 is 3.29. The Morgan fingerprint density at radius 1 is 1.54 bits per heavy atom. The fraction of sp³-hybridized carbons (Fsp3) is 0.333. The average Bonchev–Trinajstić information content (AvgIpc) is 2.16. The highest BCUT2D eigenvalue weighted by molar-refractivity contribution is 9.09. The van der Waals surface area contributed by atoms with Gasteiger partial charge in [0.1, 0.15) is 11.6 Å². The number of benzene rings is 1. The molecule has 0 amide bonds. The van der Waals surface area contributed by atoms with E-state index in [0.29, 0.717) is 11.2 Å². The topological polar surface area (TPSA) is 12.5 Å². The standard InChI is InChI=1S/C9H11BrFNO/c1-12(6-10)8-5-7(11)3-4-9(8)13-2/h3-5H,6H2,1-2H3. The van der Waals surface area contributed by atoms with Gasteiger partial charge in [-0.1, -0.05) is 15.9 Å². The third-order valence-corrected chi connectivity index (χ3v) is 2.48. The summed E-state index contributed by atoms with van der Waals surface area (Å²) < 4.78 is 18.0. The maximum atomic E-state index is 12.9. The van der Waals surface area contributed by atoms with Crippen molar-refractivity contribution >= 4 is 21.6 Å². The maximum Gasteiger partial charge on any atom is 0.142 e. The van der Waals surface area contributed by atoms with Crippen molar-refractivity contribution in [3.8, 4) is 5.75 Å². The summed E-state index contributed by atoms with van der Waals surface area (Å²) in [6.07, 6.45) is 0. The summed E-state index contributed by atoms with van der Waals surface area (Å²) in [5, 5.41) is 0. The first-order chi connectivity index (χ1) is 6.19. The SMILES string of the molecule is COc1ccc(F)cc1N(C)CBr. The highest BCUT2D eigenvalue weighted by atomic mass is 79.9. The van der Waals surface area contributed by atoms with Crippen molar-refractivity contribution in [1.29, 1.82) is 0 Å². The van der Waals surface area contributed by atoms with Gasteiger partial charge in [0.2, 0.25) is 0 Å². The molecule has 1 aromatic carbocycles. The molecule has 0 fully saturated rings. The molecular formula is C9H11BrFNO. The Morgan fingerprint density at radius 2 is 2.23 bits per heavy atom. The fourth-order valence-corrected chi connectivity index (χ4v) is 1.30. The molecule has 0 aromatic heterocycles. The number of nitrogens with zero attached hydrogens (tertiary/aromatic N) is 1. The Balaban J connectivity index is 3.07. The molecule has 0 bridgehead atoms. The number of rotatable bonds is 3. The Labute approximate surface area is 85.4 Å². The summed E-state index contributed by atoms with van der Waals surface area (Å²) in [6, 6.07) is 4.44. The van der Waals surface area contributed by atoms with Crippen LogP contribution in [0.4, 0.5) is 10.1 Å². The zero-order valence-corrected chi connectivity index (χ0v) is 9.14. The van der Waals surface area contributed by atoms with Crippen LogP contribution in [0.2, 0.25) is 0 Å². The second-order valence-electron chi connectivity index (χ2n) is 2.63. The molecule has 13 heavy (non-hydrogen) atoms. The number of methoxy groups -OCH3 is 1. The van der Waals surface area contributed by atoms with Crippen LogP contribution in [0, 0.1) is 5.82 Å². The first kappa shape index (κ1) is 10.3. The van der Waals surface area contributed by atoms with Crippen molar-refractivity contribution in [2.45, 2.75) is 0 Å². The van der Waals surface area contributed by atoms with Gasteiger partial charge in [-0.2, -0.15) is 0 Å². The van der Waals surface area contributed by atoms with E-state index in [4.69, 9.17) is 4.74 Å². The molecule has 4 heteroatoms. The molecule has 0 spiro atoms. The molecule has 0 radical (unpaired) electrons. The van der Waals surface area contributed by atoms with Crippen molar-refractivity contribution in [3.63, 3.8) is 0 Å². The molecule has 0 saturated carbocycles. The predicted molar refractivity (Wildman–Crippen MR) is 55.1 cm³/mol. The Kier molecular flexibility index (Phi) is 3.54. The van der Waals surface area contributed by atoms with Crippen LogP contribution in [-0.4, -0.2) is 19.6 Å². The lowest BCUT2D eigenvalue weighted by molar-refractivity contribution is 0.414. The van der Waals surface area contributed by atoms with E-state index < -0.39 is 0 Å². The van der Waals surface area contributed by atoms with Crippen molar-refractivity contribution in [2.24, 2.45) is 0 Å². The van der Waals surface area contributed by atoms with E-state index in [-0.39, 0.29) is 5.82 Å². The molecule has 0 aliphatic carbocycles. The van der Waals surface area contributed by atoms with Gasteiger partial charge in [-0.05, 0) is 12.1 Å². The highest BCUT2D eigenvalue weighted by Gasteiger charge is 2.07. The highest BCUT2D eigenvalue weighted by Crippen LogP contribution is 2.28. The van der Waals surface area contributed by atoms with Gasteiger partial charge in [-0.3, -0.25) is 0 Å². The molecule has 1 aromatic rings. The minimum atomic E-state index is -0.261. The molecule has 2 nitrogen and oxygen atoms in total. The summed E-state index contributed by atoms with van der Waals surface area (Å²) in [7, 11) is 3.42. The predicted octanol–water partition coefficient (Wildman–Crippen LogP) is 2.62. The summed E-state index contributed by atoms with van der Waals surface area (Å²) in [5.41, 5.74) is 1.37. The second kappa shape index (κ2) is 4.46. The van der Waals surface area contributed by atoms with E-state index in [0.717, 1.165) is 5.69 Å². The third-order valence-electron chi connectivity index (χ3n) is 1.73. The molecule has 0 N–H and O–H groups in total. The number of ether oxygens (including phenoxy) is 1. The quantitative estimate of drug-likeness (QED) is 0.602. The molecule has 0 atom stereocenters. The van der Waals surface area contributed by atoms with Gasteiger partial charge in [-0.15, -0.1) is 0 Å². The summed E-state index contributed by atoms with van der Waals surface area (Å²) in [5.74, 6) is 0.409. The first-order valence-corrected chi connectivity index (χ1v) is 4.92. The Hall–Kier alpha value is -0.770. The number of hydrogen-bond acceptors (Lipinski definition) is 2. The van der Waals surface area contributed by atoms with E-state index in [2.05, 4.69) is 15.9 Å². The summed E-state index contributed by atoms with van der Waals surface area (Å²) in [6.45, 7) is 0. The maximum absolute atomic E-state index is 12.9. The van der Waals surface area contributed by atoms with Crippen LogP contribution in [-0.2, 0) is 0 Å². The normalized spacial score (nSPS) is 9.85. The largest absolute Gasteiger partial charge is 0.495 e. The second-order valence-corrected chi connectivity index (χ2v) is 3.14. The first-order valence-electron chi connectivity index (χ1n) is 3.79. The lowest BCUT2D eigenvalue weighted by Gasteiger charge is -2.18. The van der Waals surface area contributed by atoms with Crippen LogP contribution in [0.25, 0.3) is 0 Å². The van der Waals surface area contributed by atoms with Crippen LogP contribution in [0.15, 0.2) is 18.2 Å². The average molecular weight is 248 g/mol. The monoisotopic (exact) mass is 247 g/mol. The van der Waals surface area contributed by atoms with Gasteiger partial charge in [-0.25, -0.2) is 4.39 Å². The zero-order valence-electron chi connectivity index (χ0n) is 7.55. The van der Waals surface area contributed by atoms with E-state index in [9.17, 15) is 4.39 Å². The minimum Gasteiger partial charge on any atom is -0.495 e. The van der Waals surface area contributed by atoms with Crippen molar-refractivity contribution in [2.75, 3.05) is 24.5 Å². The number of alkyl halides is 1. The van der Waals surface area contributed by atoms with Crippen LogP contribution >= 0.6 is 15.9 Å². The minimum absolute atomic E-state index is 0.261. The van der Waals surface area contributed by atoms with Crippen molar-refractivity contribution < 1.29 is 9.13 Å². The summed E-state index contributed by atoms with van der Waals surface area (Å²) in [4.78, 5) is 1.85. The van der Waals surface area contributed by atoms with E-state index in [1.165, 1.54) is 12.1 Å². The Morgan fingerprint density at radius 3 is 2.77 bits per heavy atom. The number of halogens is 2. The molecule has 1 rings (SSSR count). The molecule has 0 heterocycles. The molecule has 0 aliphatic heterocycles. The van der Waals surface area contributed by atoms with Crippen LogP contribution in [0.3, 0.4) is 0 Å². The van der Waals surface area contributed by atoms with Gasteiger partial charge in [0.05, 0.1) is 18.3 Å². The van der Waals surface area contributed by atoms with Gasteiger partial charge in [0, 0.05) is 13.1 Å². The van der Waals surface area contributed by atoms with E-state index in [1.807, 2.05) is 11.9 Å². The number of anilines is 1. The van der Waals surface area contributed by atoms with Gasteiger partial charge in [0.15, 0.2) is 0 Å². The molecule has 0 saturated heterocycles. The van der Waals surface area contributed by atoms with Crippen molar-refractivity contribution in [1.82, 2.24) is 0 Å². The fourth-order valence-electron chi connectivity index (χ4n) is 1.03. The molecule has 72 valence electrons.